The Balaban J connectivity index is 1.61. The highest BCUT2D eigenvalue weighted by Crippen LogP contribution is 2.25. The minimum atomic E-state index is 0.199. The zero-order valence-corrected chi connectivity index (χ0v) is 13.2. The van der Waals surface area contributed by atoms with Crippen molar-refractivity contribution in [3.8, 4) is 22.8 Å². The van der Waals surface area contributed by atoms with Gasteiger partial charge in [0.1, 0.15) is 5.82 Å². The molecule has 0 bridgehead atoms. The maximum absolute atomic E-state index is 6.06. The average molecular weight is 322 g/mol. The smallest absolute Gasteiger partial charge is 0.258 e. The predicted octanol–water partition coefficient (Wildman–Crippen LogP) is 2.12. The number of nitrogens with two attached hydrogens (primary N) is 1. The zero-order valence-electron chi connectivity index (χ0n) is 13.2. The third kappa shape index (κ3) is 2.98. The van der Waals surface area contributed by atoms with Gasteiger partial charge in [-0.05, 0) is 37.1 Å². The van der Waals surface area contributed by atoms with E-state index in [1.54, 1.807) is 18.6 Å². The van der Waals surface area contributed by atoms with Gasteiger partial charge in [-0.3, -0.25) is 4.98 Å². The Kier molecular flexibility index (Phi) is 3.92. The number of nitrogens with zero attached hydrogens (tertiary/aromatic N) is 5. The van der Waals surface area contributed by atoms with E-state index in [0.717, 1.165) is 42.9 Å². The average Bonchev–Trinajstić information content (AvgIpc) is 3.13. The van der Waals surface area contributed by atoms with Crippen molar-refractivity contribution >= 4 is 5.82 Å². The second kappa shape index (κ2) is 6.37. The van der Waals surface area contributed by atoms with Crippen LogP contribution >= 0.6 is 0 Å². The van der Waals surface area contributed by atoms with Crippen LogP contribution in [0.4, 0.5) is 5.82 Å². The summed E-state index contributed by atoms with van der Waals surface area (Å²) in [5.74, 6) is 1.89. The molecule has 7 nitrogen and oxygen atoms in total. The van der Waals surface area contributed by atoms with Gasteiger partial charge in [-0.2, -0.15) is 4.98 Å². The van der Waals surface area contributed by atoms with Crippen molar-refractivity contribution < 1.29 is 4.52 Å². The molecule has 1 saturated heterocycles. The van der Waals surface area contributed by atoms with Gasteiger partial charge in [0.15, 0.2) is 0 Å². The van der Waals surface area contributed by atoms with Gasteiger partial charge in [-0.1, -0.05) is 5.16 Å². The highest BCUT2D eigenvalue weighted by molar-refractivity contribution is 5.62. The maximum Gasteiger partial charge on any atom is 0.258 e. The largest absolute Gasteiger partial charge is 0.355 e. The topological polar surface area (TPSA) is 94.0 Å². The molecule has 0 saturated carbocycles. The molecule has 1 aliphatic rings. The fourth-order valence-corrected chi connectivity index (χ4v) is 2.90. The van der Waals surface area contributed by atoms with Gasteiger partial charge in [0.05, 0.1) is 0 Å². The SMILES string of the molecule is NC1CCCN(c2cc(-c3nc(-c4cccnc4)no3)ccn2)C1. The van der Waals surface area contributed by atoms with Gasteiger partial charge < -0.3 is 15.2 Å². The molecule has 4 heterocycles. The molecule has 1 unspecified atom stereocenters. The lowest BCUT2D eigenvalue weighted by Gasteiger charge is -2.31. The van der Waals surface area contributed by atoms with Gasteiger partial charge >= 0.3 is 0 Å². The molecule has 7 heteroatoms. The normalized spacial score (nSPS) is 17.9. The Morgan fingerprint density at radius 2 is 2.17 bits per heavy atom. The molecule has 1 atom stereocenters. The van der Waals surface area contributed by atoms with Gasteiger partial charge in [0, 0.05) is 48.8 Å². The standard InChI is InChI=1S/C17H18N6O/c18-14-4-2-8-23(11-14)15-9-12(5-7-20-15)17-21-16(22-24-17)13-3-1-6-19-10-13/h1,3,5-7,9-10,14H,2,4,8,11,18H2. The summed E-state index contributed by atoms with van der Waals surface area (Å²) in [6.45, 7) is 1.79. The summed E-state index contributed by atoms with van der Waals surface area (Å²) in [5, 5.41) is 4.04. The Hall–Kier alpha value is -2.80. The number of pyridine rings is 2. The number of anilines is 1. The fourth-order valence-electron chi connectivity index (χ4n) is 2.90. The van der Waals surface area contributed by atoms with Crippen molar-refractivity contribution in [2.45, 2.75) is 18.9 Å². The lowest BCUT2D eigenvalue weighted by atomic mass is 10.1. The molecule has 2 N–H and O–H groups in total. The second-order valence-electron chi connectivity index (χ2n) is 5.92. The molecule has 0 aromatic carbocycles. The molecule has 1 fully saturated rings. The lowest BCUT2D eigenvalue weighted by Crippen LogP contribution is -2.43. The molecule has 0 amide bonds. The maximum atomic E-state index is 6.06. The Morgan fingerprint density at radius 1 is 1.21 bits per heavy atom. The van der Waals surface area contributed by atoms with Crippen molar-refractivity contribution in [2.75, 3.05) is 18.0 Å². The van der Waals surface area contributed by atoms with Gasteiger partial charge in [-0.15, -0.1) is 0 Å². The number of hydrogen-bond acceptors (Lipinski definition) is 7. The van der Waals surface area contributed by atoms with E-state index in [2.05, 4.69) is 25.0 Å². The van der Waals surface area contributed by atoms with E-state index in [1.807, 2.05) is 24.3 Å². The van der Waals surface area contributed by atoms with Crippen molar-refractivity contribution in [3.05, 3.63) is 42.9 Å². The fraction of sp³-hybridized carbons (Fsp3) is 0.294. The molecule has 122 valence electrons. The number of hydrogen-bond donors (Lipinski definition) is 1. The third-order valence-corrected chi connectivity index (χ3v) is 4.12. The molecule has 24 heavy (non-hydrogen) atoms. The summed E-state index contributed by atoms with van der Waals surface area (Å²) in [4.78, 5) is 15.2. The molecule has 4 rings (SSSR count). The van der Waals surface area contributed by atoms with Gasteiger partial charge in [0.25, 0.3) is 5.89 Å². The number of aromatic nitrogens is 4. The summed E-state index contributed by atoms with van der Waals surface area (Å²) in [6.07, 6.45) is 7.33. The summed E-state index contributed by atoms with van der Waals surface area (Å²) in [6, 6.07) is 7.78. The van der Waals surface area contributed by atoms with Crippen LogP contribution in [0.3, 0.4) is 0 Å². The molecule has 1 aliphatic heterocycles. The van der Waals surface area contributed by atoms with E-state index in [-0.39, 0.29) is 6.04 Å². The Labute approximate surface area is 139 Å². The predicted molar refractivity (Wildman–Crippen MR) is 90.2 cm³/mol. The van der Waals surface area contributed by atoms with Crippen LogP contribution < -0.4 is 10.6 Å². The molecule has 3 aromatic rings. The first-order valence-electron chi connectivity index (χ1n) is 8.00. The Bertz CT molecular complexity index is 819. The van der Waals surface area contributed by atoms with Crippen molar-refractivity contribution in [1.29, 1.82) is 0 Å². The second-order valence-corrected chi connectivity index (χ2v) is 5.92. The van der Waals surface area contributed by atoms with Crippen LogP contribution in [0.25, 0.3) is 22.8 Å². The van der Waals surface area contributed by atoms with Crippen LogP contribution in [0.15, 0.2) is 47.4 Å². The molecule has 3 aromatic heterocycles. The van der Waals surface area contributed by atoms with Crippen molar-refractivity contribution in [3.63, 3.8) is 0 Å². The lowest BCUT2D eigenvalue weighted by molar-refractivity contribution is 0.432. The molecule has 0 spiro atoms. The van der Waals surface area contributed by atoms with E-state index >= 15 is 0 Å². The van der Waals surface area contributed by atoms with Crippen LogP contribution in [0.1, 0.15) is 12.8 Å². The third-order valence-electron chi connectivity index (χ3n) is 4.12. The van der Waals surface area contributed by atoms with E-state index < -0.39 is 0 Å². The summed E-state index contributed by atoms with van der Waals surface area (Å²) < 4.78 is 5.41. The van der Waals surface area contributed by atoms with E-state index in [0.29, 0.717) is 11.7 Å². The van der Waals surface area contributed by atoms with Gasteiger partial charge in [0.2, 0.25) is 5.82 Å². The van der Waals surface area contributed by atoms with Crippen molar-refractivity contribution in [1.82, 2.24) is 20.1 Å². The molecular formula is C17H18N6O. The molecule has 0 radical (unpaired) electrons. The molecular weight excluding hydrogens is 304 g/mol. The monoisotopic (exact) mass is 322 g/mol. The summed E-state index contributed by atoms with van der Waals surface area (Å²) in [7, 11) is 0. The molecule has 0 aliphatic carbocycles. The highest BCUT2D eigenvalue weighted by atomic mass is 16.5. The number of rotatable bonds is 3. The van der Waals surface area contributed by atoms with E-state index in [1.165, 1.54) is 0 Å². The van der Waals surface area contributed by atoms with E-state index in [9.17, 15) is 0 Å². The van der Waals surface area contributed by atoms with Crippen molar-refractivity contribution in [2.24, 2.45) is 5.73 Å². The first-order chi connectivity index (χ1) is 11.8. The first kappa shape index (κ1) is 14.8. The number of piperidine rings is 1. The van der Waals surface area contributed by atoms with Crippen LogP contribution in [-0.4, -0.2) is 39.2 Å². The first-order valence-corrected chi connectivity index (χ1v) is 8.00. The van der Waals surface area contributed by atoms with Gasteiger partial charge in [-0.25, -0.2) is 4.98 Å². The highest BCUT2D eigenvalue weighted by Gasteiger charge is 2.19. The minimum Gasteiger partial charge on any atom is -0.355 e. The van der Waals surface area contributed by atoms with Crippen LogP contribution in [0, 0.1) is 0 Å². The Morgan fingerprint density at radius 3 is 3.00 bits per heavy atom. The summed E-state index contributed by atoms with van der Waals surface area (Å²) in [5.41, 5.74) is 7.73. The quantitative estimate of drug-likeness (QED) is 0.789. The van der Waals surface area contributed by atoms with Crippen LogP contribution in [0.2, 0.25) is 0 Å². The minimum absolute atomic E-state index is 0.199. The zero-order chi connectivity index (χ0) is 16.4. The van der Waals surface area contributed by atoms with Crippen LogP contribution in [0.5, 0.6) is 0 Å². The van der Waals surface area contributed by atoms with E-state index in [4.69, 9.17) is 10.3 Å². The van der Waals surface area contributed by atoms with Crippen LogP contribution in [-0.2, 0) is 0 Å². The summed E-state index contributed by atoms with van der Waals surface area (Å²) >= 11 is 0.